The third-order valence-corrected chi connectivity index (χ3v) is 3.95. The normalized spacial score (nSPS) is 10.3. The maximum Gasteiger partial charge on any atom is 0.271 e. The SMILES string of the molecule is C#CCOc1c(Br)cc(/C=N\NC(=O)c2ccc(OCC)cc2)cc1OC. The first-order valence-corrected chi connectivity index (χ1v) is 8.88. The molecule has 2 rings (SSSR count). The molecular formula is C20H19BrN2O4. The van der Waals surface area contributed by atoms with E-state index in [0.717, 1.165) is 0 Å². The fraction of sp³-hybridized carbons (Fsp3) is 0.200. The predicted molar refractivity (Wildman–Crippen MR) is 108 cm³/mol. The van der Waals surface area contributed by atoms with Gasteiger partial charge in [-0.05, 0) is 64.8 Å². The van der Waals surface area contributed by atoms with Gasteiger partial charge in [-0.15, -0.1) is 6.42 Å². The van der Waals surface area contributed by atoms with Crippen molar-refractivity contribution in [3.63, 3.8) is 0 Å². The van der Waals surface area contributed by atoms with E-state index in [1.54, 1.807) is 36.4 Å². The lowest BCUT2D eigenvalue weighted by Crippen LogP contribution is -2.17. The molecule has 7 heteroatoms. The standard InChI is InChI=1S/C20H19BrN2O4/c1-4-10-27-19-17(21)11-14(12-18(19)25-3)13-22-23-20(24)15-6-8-16(9-7-15)26-5-2/h1,6-9,11-13H,5,10H2,2-3H3,(H,23,24)/b22-13-. The Labute approximate surface area is 166 Å². The number of rotatable bonds is 8. The van der Waals surface area contributed by atoms with Crippen LogP contribution < -0.4 is 19.6 Å². The molecule has 0 atom stereocenters. The van der Waals surface area contributed by atoms with Gasteiger partial charge < -0.3 is 14.2 Å². The van der Waals surface area contributed by atoms with Gasteiger partial charge in [-0.3, -0.25) is 4.79 Å². The largest absolute Gasteiger partial charge is 0.494 e. The van der Waals surface area contributed by atoms with Gasteiger partial charge in [0.25, 0.3) is 5.91 Å². The molecule has 0 heterocycles. The number of ether oxygens (including phenoxy) is 3. The number of halogens is 1. The second-order valence-corrected chi connectivity index (χ2v) is 6.04. The highest BCUT2D eigenvalue weighted by Crippen LogP contribution is 2.36. The van der Waals surface area contributed by atoms with Gasteiger partial charge in [0.15, 0.2) is 11.5 Å². The van der Waals surface area contributed by atoms with Crippen molar-refractivity contribution in [3.05, 3.63) is 52.0 Å². The van der Waals surface area contributed by atoms with Gasteiger partial charge in [0, 0.05) is 5.56 Å². The third kappa shape index (κ3) is 5.76. The molecule has 0 aliphatic rings. The van der Waals surface area contributed by atoms with Crippen molar-refractivity contribution < 1.29 is 19.0 Å². The van der Waals surface area contributed by atoms with Crippen molar-refractivity contribution in [2.24, 2.45) is 5.10 Å². The Morgan fingerprint density at radius 1 is 1.30 bits per heavy atom. The highest BCUT2D eigenvalue weighted by Gasteiger charge is 2.11. The predicted octanol–water partition coefficient (Wildman–Crippen LogP) is 3.63. The van der Waals surface area contributed by atoms with Crippen molar-refractivity contribution >= 4 is 28.1 Å². The number of carbonyl (C=O) groups is 1. The second kappa shape index (κ2) is 10.2. The molecule has 1 N–H and O–H groups in total. The van der Waals surface area contributed by atoms with Crippen molar-refractivity contribution in [2.45, 2.75) is 6.92 Å². The van der Waals surface area contributed by atoms with E-state index in [0.29, 0.717) is 39.5 Å². The molecule has 0 radical (unpaired) electrons. The summed E-state index contributed by atoms with van der Waals surface area (Å²) >= 11 is 3.41. The van der Waals surface area contributed by atoms with Crippen LogP contribution in [0.1, 0.15) is 22.8 Å². The molecule has 2 aromatic carbocycles. The van der Waals surface area contributed by atoms with Gasteiger partial charge in [-0.25, -0.2) is 5.43 Å². The number of amides is 1. The van der Waals surface area contributed by atoms with Gasteiger partial charge in [0.1, 0.15) is 12.4 Å². The Balaban J connectivity index is 2.05. The summed E-state index contributed by atoms with van der Waals surface area (Å²) < 4.78 is 16.8. The highest BCUT2D eigenvalue weighted by atomic mass is 79.9. The number of hydrogen-bond acceptors (Lipinski definition) is 5. The topological polar surface area (TPSA) is 69.2 Å². The van der Waals surface area contributed by atoms with Crippen LogP contribution in [0.15, 0.2) is 46.0 Å². The summed E-state index contributed by atoms with van der Waals surface area (Å²) in [7, 11) is 1.53. The fourth-order valence-corrected chi connectivity index (χ4v) is 2.74. The van der Waals surface area contributed by atoms with E-state index < -0.39 is 0 Å². The zero-order chi connectivity index (χ0) is 19.6. The second-order valence-electron chi connectivity index (χ2n) is 5.18. The zero-order valence-electron chi connectivity index (χ0n) is 15.0. The van der Waals surface area contributed by atoms with Crippen LogP contribution in [0.4, 0.5) is 0 Å². The van der Waals surface area contributed by atoms with Crippen LogP contribution in [0.3, 0.4) is 0 Å². The lowest BCUT2D eigenvalue weighted by molar-refractivity contribution is 0.0955. The third-order valence-electron chi connectivity index (χ3n) is 3.36. The number of terminal acetylenes is 1. The number of hydrogen-bond donors (Lipinski definition) is 1. The Morgan fingerprint density at radius 2 is 2.04 bits per heavy atom. The Bertz CT molecular complexity index is 858. The average Bonchev–Trinajstić information content (AvgIpc) is 2.67. The van der Waals surface area contributed by atoms with Gasteiger partial charge in [0.05, 0.1) is 24.4 Å². The van der Waals surface area contributed by atoms with E-state index in [1.165, 1.54) is 13.3 Å². The van der Waals surface area contributed by atoms with E-state index in [4.69, 9.17) is 20.6 Å². The molecule has 0 saturated carbocycles. The molecule has 0 aliphatic carbocycles. The van der Waals surface area contributed by atoms with Crippen molar-refractivity contribution in [1.82, 2.24) is 5.43 Å². The van der Waals surface area contributed by atoms with Crippen LogP contribution in [0, 0.1) is 12.3 Å². The van der Waals surface area contributed by atoms with Crippen LogP contribution in [0.25, 0.3) is 0 Å². The van der Waals surface area contributed by atoms with Crippen LogP contribution in [0.5, 0.6) is 17.2 Å². The van der Waals surface area contributed by atoms with E-state index in [-0.39, 0.29) is 12.5 Å². The summed E-state index contributed by atoms with van der Waals surface area (Å²) in [5.41, 5.74) is 3.67. The quantitative estimate of drug-likeness (QED) is 0.394. The molecule has 0 spiro atoms. The smallest absolute Gasteiger partial charge is 0.271 e. The van der Waals surface area contributed by atoms with E-state index in [2.05, 4.69) is 32.4 Å². The minimum atomic E-state index is -0.325. The molecule has 0 unspecified atom stereocenters. The number of hydrazone groups is 1. The Kier molecular flexibility index (Phi) is 7.71. The first-order chi connectivity index (χ1) is 13.1. The van der Waals surface area contributed by atoms with Crippen molar-refractivity contribution in [1.29, 1.82) is 0 Å². The van der Waals surface area contributed by atoms with E-state index in [9.17, 15) is 4.79 Å². The minimum absolute atomic E-state index is 0.126. The van der Waals surface area contributed by atoms with E-state index >= 15 is 0 Å². The summed E-state index contributed by atoms with van der Waals surface area (Å²) in [4.78, 5) is 12.1. The summed E-state index contributed by atoms with van der Waals surface area (Å²) in [6, 6.07) is 10.3. The maximum absolute atomic E-state index is 12.1. The van der Waals surface area contributed by atoms with Gasteiger partial charge in [-0.1, -0.05) is 5.92 Å². The molecule has 27 heavy (non-hydrogen) atoms. The summed E-state index contributed by atoms with van der Waals surface area (Å²) in [6.45, 7) is 2.60. The molecule has 0 aromatic heterocycles. The molecule has 6 nitrogen and oxygen atoms in total. The Hall–Kier alpha value is -2.98. The molecule has 140 valence electrons. The summed E-state index contributed by atoms with van der Waals surface area (Å²) in [5.74, 6) is 3.79. The average molecular weight is 431 g/mol. The molecule has 0 aliphatic heterocycles. The maximum atomic E-state index is 12.1. The number of benzene rings is 2. The molecule has 0 bridgehead atoms. The summed E-state index contributed by atoms with van der Waals surface area (Å²) in [6.07, 6.45) is 6.72. The monoisotopic (exact) mass is 430 g/mol. The van der Waals surface area contributed by atoms with Gasteiger partial charge >= 0.3 is 0 Å². The van der Waals surface area contributed by atoms with Crippen LogP contribution in [-0.4, -0.2) is 32.4 Å². The van der Waals surface area contributed by atoms with Crippen LogP contribution in [-0.2, 0) is 0 Å². The van der Waals surface area contributed by atoms with Crippen molar-refractivity contribution in [2.75, 3.05) is 20.3 Å². The van der Waals surface area contributed by atoms with E-state index in [1.807, 2.05) is 6.92 Å². The minimum Gasteiger partial charge on any atom is -0.494 e. The van der Waals surface area contributed by atoms with Crippen molar-refractivity contribution in [3.8, 4) is 29.6 Å². The molecular weight excluding hydrogens is 412 g/mol. The molecule has 2 aromatic rings. The molecule has 0 fully saturated rings. The number of nitrogens with zero attached hydrogens (tertiary/aromatic N) is 1. The van der Waals surface area contributed by atoms with Crippen LogP contribution >= 0.6 is 15.9 Å². The highest BCUT2D eigenvalue weighted by molar-refractivity contribution is 9.10. The van der Waals surface area contributed by atoms with Crippen LogP contribution in [0.2, 0.25) is 0 Å². The van der Waals surface area contributed by atoms with Gasteiger partial charge in [0.2, 0.25) is 0 Å². The zero-order valence-corrected chi connectivity index (χ0v) is 16.6. The van der Waals surface area contributed by atoms with Gasteiger partial charge in [-0.2, -0.15) is 5.10 Å². The number of nitrogens with one attached hydrogen (secondary N) is 1. The Morgan fingerprint density at radius 3 is 2.67 bits per heavy atom. The number of carbonyl (C=O) groups excluding carboxylic acids is 1. The summed E-state index contributed by atoms with van der Waals surface area (Å²) in [5, 5.41) is 3.98. The molecule has 1 amide bonds. The first-order valence-electron chi connectivity index (χ1n) is 8.09. The first kappa shape index (κ1) is 20.3. The fourth-order valence-electron chi connectivity index (χ4n) is 2.17. The lowest BCUT2D eigenvalue weighted by atomic mass is 10.2. The number of methoxy groups -OCH3 is 1. The molecule has 0 saturated heterocycles. The lowest BCUT2D eigenvalue weighted by Gasteiger charge is -2.11.